The van der Waals surface area contributed by atoms with Crippen LogP contribution in [-0.4, -0.2) is 12.7 Å². The van der Waals surface area contributed by atoms with E-state index in [1.807, 2.05) is 13.8 Å². The summed E-state index contributed by atoms with van der Waals surface area (Å²) in [5.41, 5.74) is 0. The average Bonchev–Trinajstić information content (AvgIpc) is 1.35. The monoisotopic (exact) mass is 72.1 g/mol. The van der Waals surface area contributed by atoms with E-state index in [0.29, 0.717) is 0 Å². The average molecular weight is 72.1 g/mol. The number of aliphatic imine (C=N–C) groups is 1. The number of hydrogen-bond acceptors (Lipinski definition) is 1. The zero-order chi connectivity index (χ0) is 4.99. The van der Waals surface area contributed by atoms with Gasteiger partial charge in [0.25, 0.3) is 0 Å². The third-order valence-corrected chi connectivity index (χ3v) is 0.298. The Hall–Kier alpha value is -0.330. The summed E-state index contributed by atoms with van der Waals surface area (Å²) in [6, 6.07) is 0.280. The van der Waals surface area contributed by atoms with Gasteiger partial charge in [0.05, 0.1) is 1.37 Å². The highest BCUT2D eigenvalue weighted by molar-refractivity contribution is 5.23. The molecule has 1 nitrogen and oxygen atoms in total. The van der Waals surface area contributed by atoms with Gasteiger partial charge in [0.1, 0.15) is 0 Å². The third-order valence-electron chi connectivity index (χ3n) is 0.298. The summed E-state index contributed by atoms with van der Waals surface area (Å²) in [6.07, 6.45) is 0. The predicted octanol–water partition coefficient (Wildman–Crippen LogP) is 1.10. The molecule has 30 valence electrons. The molecule has 0 radical (unpaired) electrons. The second kappa shape index (κ2) is 1.94. The minimum absolute atomic E-state index is 0.280. The minimum atomic E-state index is 0.280. The first kappa shape index (κ1) is 2.88. The Morgan fingerprint density at radius 3 is 2.60 bits per heavy atom. The predicted molar refractivity (Wildman–Crippen MR) is 24.7 cm³/mol. The molecule has 0 aromatic heterocycles. The molecule has 0 aliphatic rings. The largest absolute Gasteiger partial charge is 0.298 e. The van der Waals surface area contributed by atoms with Crippen LogP contribution in [0.5, 0.6) is 0 Å². The molecule has 1 heteroatoms. The molecule has 0 spiro atoms. The highest BCUT2D eigenvalue weighted by Gasteiger charge is 1.74. The Kier molecular flexibility index (Phi) is 1.12. The van der Waals surface area contributed by atoms with Crippen LogP contribution in [0.1, 0.15) is 15.2 Å². The normalized spacial score (nSPS) is 13.8. The van der Waals surface area contributed by atoms with Crippen LogP contribution in [0.15, 0.2) is 4.99 Å². The van der Waals surface area contributed by atoms with Gasteiger partial charge in [-0.1, -0.05) is 0 Å². The molecule has 0 aliphatic heterocycles. The molecule has 0 bridgehead atoms. The minimum Gasteiger partial charge on any atom is -0.298 e. The maximum atomic E-state index is 6.44. The third kappa shape index (κ3) is 3.67. The van der Waals surface area contributed by atoms with E-state index >= 15 is 0 Å². The Bertz CT molecular complexity index is 49.5. The molecule has 0 rings (SSSR count). The molecular formula is C4H9N. The highest BCUT2D eigenvalue weighted by atomic mass is 14.7. The van der Waals surface area contributed by atoms with Gasteiger partial charge in [0.15, 0.2) is 0 Å². The Morgan fingerprint density at radius 2 is 2.60 bits per heavy atom. The first-order valence-corrected chi connectivity index (χ1v) is 1.67. The van der Waals surface area contributed by atoms with Crippen LogP contribution in [0, 0.1) is 0 Å². The lowest BCUT2D eigenvalue weighted by molar-refractivity contribution is 0.844. The fraction of sp³-hybridized carbons (Fsp3) is 0.750. The number of nitrogens with zero attached hydrogens (tertiary/aromatic N) is 1. The maximum Gasteiger partial charge on any atom is 0.0748 e. The van der Waals surface area contributed by atoms with E-state index in [2.05, 4.69) is 4.99 Å². The van der Waals surface area contributed by atoms with Crippen molar-refractivity contribution in [3.8, 4) is 0 Å². The first-order valence-electron chi connectivity index (χ1n) is 2.25. The van der Waals surface area contributed by atoms with Crippen LogP contribution >= 0.6 is 0 Å². The molecule has 0 unspecified atom stereocenters. The molecule has 0 saturated heterocycles. The fourth-order valence-corrected chi connectivity index (χ4v) is 0. The molecule has 0 aromatic carbocycles. The quantitative estimate of drug-likeness (QED) is 0.411. The molecule has 0 heterocycles. The smallest absolute Gasteiger partial charge is 0.0748 e. The standard InChI is InChI=1S/C4H9N/c1-4(2)5-3/h4H,3H2,1-2H3/i3D. The summed E-state index contributed by atoms with van der Waals surface area (Å²) < 4.78 is 6.44. The second-order valence-electron chi connectivity index (χ2n) is 1.24. The molecule has 0 amide bonds. The molecular weight excluding hydrogens is 62.1 g/mol. The van der Waals surface area contributed by atoms with Crippen LogP contribution in [0.3, 0.4) is 0 Å². The summed E-state index contributed by atoms with van der Waals surface area (Å²) in [7, 11) is 0. The van der Waals surface area contributed by atoms with Crippen LogP contribution in [0.2, 0.25) is 0 Å². The summed E-state index contributed by atoms with van der Waals surface area (Å²) in [4.78, 5) is 3.67. The molecule has 0 saturated carbocycles. The Balaban J connectivity index is 3.03. The lowest BCUT2D eigenvalue weighted by Crippen LogP contribution is -1.82. The van der Waals surface area contributed by atoms with Crippen molar-refractivity contribution in [2.75, 3.05) is 0 Å². The SMILES string of the molecule is [2H]C=NC(C)C. The molecule has 0 N–H and O–H groups in total. The van der Waals surface area contributed by atoms with E-state index in [1.165, 1.54) is 0 Å². The van der Waals surface area contributed by atoms with Crippen molar-refractivity contribution >= 4 is 6.69 Å². The molecule has 5 heavy (non-hydrogen) atoms. The maximum absolute atomic E-state index is 6.44. The van der Waals surface area contributed by atoms with Gasteiger partial charge in [-0.2, -0.15) is 0 Å². The van der Waals surface area contributed by atoms with Gasteiger partial charge in [-0.05, 0) is 20.5 Å². The van der Waals surface area contributed by atoms with Crippen molar-refractivity contribution < 1.29 is 1.37 Å². The second-order valence-corrected chi connectivity index (χ2v) is 1.24. The van der Waals surface area contributed by atoms with Crippen molar-refractivity contribution in [2.24, 2.45) is 4.99 Å². The van der Waals surface area contributed by atoms with Crippen LogP contribution in [-0.2, 0) is 0 Å². The summed E-state index contributed by atoms with van der Waals surface area (Å²) >= 11 is 0. The number of rotatable bonds is 1. The highest BCUT2D eigenvalue weighted by Crippen LogP contribution is 1.77. The van der Waals surface area contributed by atoms with Crippen LogP contribution in [0.25, 0.3) is 0 Å². The van der Waals surface area contributed by atoms with Crippen LogP contribution < -0.4 is 0 Å². The molecule has 0 aliphatic carbocycles. The van der Waals surface area contributed by atoms with E-state index in [9.17, 15) is 0 Å². The van der Waals surface area contributed by atoms with Crippen LogP contribution in [0.4, 0.5) is 0 Å². The van der Waals surface area contributed by atoms with Gasteiger partial charge in [-0.25, -0.2) is 0 Å². The molecule has 0 aromatic rings. The summed E-state index contributed by atoms with van der Waals surface area (Å²) in [6.45, 7) is 4.95. The number of hydrogen-bond donors (Lipinski definition) is 0. The van der Waals surface area contributed by atoms with E-state index in [4.69, 9.17) is 1.37 Å². The zero-order valence-electron chi connectivity index (χ0n) is 4.60. The summed E-state index contributed by atoms with van der Waals surface area (Å²) in [5, 5.41) is 0. The Morgan fingerprint density at radius 1 is 2.00 bits per heavy atom. The fourth-order valence-electron chi connectivity index (χ4n) is 0. The van der Waals surface area contributed by atoms with Crippen molar-refractivity contribution in [1.29, 1.82) is 0 Å². The van der Waals surface area contributed by atoms with Crippen molar-refractivity contribution in [2.45, 2.75) is 19.9 Å². The lowest BCUT2D eigenvalue weighted by Gasteiger charge is -1.85. The topological polar surface area (TPSA) is 12.4 Å². The van der Waals surface area contributed by atoms with Crippen molar-refractivity contribution in [3.63, 3.8) is 0 Å². The molecule has 0 fully saturated rings. The van der Waals surface area contributed by atoms with Gasteiger partial charge in [-0.15, -0.1) is 0 Å². The van der Waals surface area contributed by atoms with Gasteiger partial charge in [-0.3, -0.25) is 4.99 Å². The van der Waals surface area contributed by atoms with Gasteiger partial charge >= 0.3 is 0 Å². The van der Waals surface area contributed by atoms with E-state index in [-0.39, 0.29) is 6.04 Å². The van der Waals surface area contributed by atoms with Gasteiger partial charge in [0, 0.05) is 6.04 Å². The molecule has 0 atom stereocenters. The van der Waals surface area contributed by atoms with Gasteiger partial charge in [0.2, 0.25) is 0 Å². The summed E-state index contributed by atoms with van der Waals surface area (Å²) in [5.74, 6) is 0. The van der Waals surface area contributed by atoms with Crippen molar-refractivity contribution in [1.82, 2.24) is 0 Å². The first-order chi connectivity index (χ1) is 2.77. The van der Waals surface area contributed by atoms with E-state index < -0.39 is 0 Å². The van der Waals surface area contributed by atoms with Crippen molar-refractivity contribution in [3.05, 3.63) is 0 Å². The lowest BCUT2D eigenvalue weighted by atomic mass is 10.4. The van der Waals surface area contributed by atoms with Gasteiger partial charge < -0.3 is 0 Å². The Labute approximate surface area is 34.1 Å². The van der Waals surface area contributed by atoms with E-state index in [1.54, 1.807) is 0 Å². The zero-order valence-corrected chi connectivity index (χ0v) is 3.60. The van der Waals surface area contributed by atoms with E-state index in [0.717, 1.165) is 6.69 Å².